The Morgan fingerprint density at radius 1 is 1.30 bits per heavy atom. The quantitative estimate of drug-likeness (QED) is 0.755. The summed E-state index contributed by atoms with van der Waals surface area (Å²) in [6.07, 6.45) is 2.92. The normalized spacial score (nSPS) is 20.6. The lowest BCUT2D eigenvalue weighted by molar-refractivity contribution is -0.113. The molecule has 1 aliphatic rings. The molecule has 0 aliphatic heterocycles. The van der Waals surface area contributed by atoms with E-state index in [1.807, 2.05) is 0 Å². The van der Waals surface area contributed by atoms with Crippen LogP contribution >= 0.6 is 0 Å². The van der Waals surface area contributed by atoms with Crippen molar-refractivity contribution in [3.8, 4) is 0 Å². The summed E-state index contributed by atoms with van der Waals surface area (Å²) in [5.41, 5.74) is 6.07. The third-order valence-corrected chi connectivity index (χ3v) is 4.70. The van der Waals surface area contributed by atoms with Crippen molar-refractivity contribution in [1.29, 1.82) is 0 Å². The van der Waals surface area contributed by atoms with E-state index in [0.717, 1.165) is 12.0 Å². The van der Waals surface area contributed by atoms with E-state index < -0.39 is 0 Å². The maximum atomic E-state index is 12.3. The molecule has 0 saturated heterocycles. The number of allylic oxidation sites excluding steroid dienone is 2. The number of ketones is 1. The van der Waals surface area contributed by atoms with Crippen LogP contribution in [0, 0.1) is 18.8 Å². The molecule has 2 rings (SSSR count). The van der Waals surface area contributed by atoms with Gasteiger partial charge in [-0.15, -0.1) is 0 Å². The molecule has 1 nitrogen and oxygen atoms in total. The second kappa shape index (κ2) is 5.95. The summed E-state index contributed by atoms with van der Waals surface area (Å²) in [6, 6.07) is 6.55. The molecule has 0 saturated carbocycles. The third kappa shape index (κ3) is 2.87. The zero-order chi connectivity index (χ0) is 14.9. The number of hydrogen-bond donors (Lipinski definition) is 0. The Morgan fingerprint density at radius 3 is 2.55 bits per heavy atom. The molecule has 0 bridgehead atoms. The van der Waals surface area contributed by atoms with E-state index in [1.54, 1.807) is 0 Å². The Hall–Kier alpha value is -1.37. The predicted octanol–water partition coefficient (Wildman–Crippen LogP) is 4.97. The molecule has 0 spiro atoms. The molecule has 0 aromatic heterocycles. The van der Waals surface area contributed by atoms with Crippen molar-refractivity contribution in [2.24, 2.45) is 11.8 Å². The van der Waals surface area contributed by atoms with Crippen molar-refractivity contribution in [3.63, 3.8) is 0 Å². The number of rotatable bonds is 4. The number of hydrogen-bond acceptors (Lipinski definition) is 1. The van der Waals surface area contributed by atoms with Crippen molar-refractivity contribution < 1.29 is 4.79 Å². The lowest BCUT2D eigenvalue weighted by atomic mass is 9.89. The number of Topliss-reactive ketones (excluding diaryl/α,β-unsaturated/α-hetero) is 1. The van der Waals surface area contributed by atoms with Gasteiger partial charge in [-0.2, -0.15) is 0 Å². The molecule has 1 aromatic rings. The van der Waals surface area contributed by atoms with Crippen LogP contribution in [0.25, 0.3) is 5.57 Å². The molecule has 0 fully saturated rings. The summed E-state index contributed by atoms with van der Waals surface area (Å²) in [6.45, 7) is 10.9. The average molecular weight is 270 g/mol. The minimum absolute atomic E-state index is 0.323. The van der Waals surface area contributed by atoms with Gasteiger partial charge in [-0.3, -0.25) is 4.79 Å². The van der Waals surface area contributed by atoms with Crippen molar-refractivity contribution in [2.45, 2.75) is 53.9 Å². The number of carbonyl (C=O) groups is 1. The lowest BCUT2D eigenvalue weighted by Gasteiger charge is -2.15. The molecule has 1 aliphatic carbocycles. The largest absolute Gasteiger partial charge is 0.294 e. The second-order valence-electron chi connectivity index (χ2n) is 6.46. The Balaban J connectivity index is 2.49. The maximum Gasteiger partial charge on any atom is 0.164 e. The van der Waals surface area contributed by atoms with E-state index in [4.69, 9.17) is 0 Å². The van der Waals surface area contributed by atoms with Crippen LogP contribution in [0.1, 0.15) is 57.2 Å². The van der Waals surface area contributed by atoms with E-state index in [9.17, 15) is 4.79 Å². The first kappa shape index (κ1) is 15.0. The molecule has 108 valence electrons. The van der Waals surface area contributed by atoms with Gasteiger partial charge in [-0.05, 0) is 43.2 Å². The van der Waals surface area contributed by atoms with Crippen LogP contribution < -0.4 is 0 Å². The highest BCUT2D eigenvalue weighted by molar-refractivity contribution is 6.24. The molecule has 0 N–H and O–H groups in total. The van der Waals surface area contributed by atoms with E-state index in [-0.39, 0.29) is 0 Å². The fourth-order valence-electron chi connectivity index (χ4n) is 3.02. The van der Waals surface area contributed by atoms with Gasteiger partial charge in [0.1, 0.15) is 0 Å². The number of carbonyl (C=O) groups excluding carboxylic acids is 1. The van der Waals surface area contributed by atoms with Crippen molar-refractivity contribution in [1.82, 2.24) is 0 Å². The van der Waals surface area contributed by atoms with Crippen molar-refractivity contribution in [2.75, 3.05) is 0 Å². The third-order valence-electron chi connectivity index (χ3n) is 4.70. The van der Waals surface area contributed by atoms with E-state index in [1.165, 1.54) is 28.7 Å². The van der Waals surface area contributed by atoms with Crippen LogP contribution in [-0.2, 0) is 11.2 Å². The monoisotopic (exact) mass is 270 g/mol. The second-order valence-corrected chi connectivity index (χ2v) is 6.46. The molecule has 0 amide bonds. The highest BCUT2D eigenvalue weighted by Gasteiger charge is 2.28. The fourth-order valence-corrected chi connectivity index (χ4v) is 3.02. The number of aryl methyl sites for hydroxylation is 1. The summed E-state index contributed by atoms with van der Waals surface area (Å²) >= 11 is 0. The SMILES string of the molecule is CCC(C)Cc1cc(C)ccc1C1=C(C)C(C)CC1=O. The molecule has 2 atom stereocenters. The Morgan fingerprint density at radius 2 is 2.00 bits per heavy atom. The highest BCUT2D eigenvalue weighted by Crippen LogP contribution is 2.37. The first-order valence-electron chi connectivity index (χ1n) is 7.77. The Kier molecular flexibility index (Phi) is 4.47. The van der Waals surface area contributed by atoms with Crippen LogP contribution in [0.4, 0.5) is 0 Å². The zero-order valence-corrected chi connectivity index (χ0v) is 13.4. The topological polar surface area (TPSA) is 17.1 Å². The summed E-state index contributed by atoms with van der Waals surface area (Å²) in [7, 11) is 0. The Labute approximate surface area is 123 Å². The van der Waals surface area contributed by atoms with Gasteiger partial charge in [0, 0.05) is 12.0 Å². The molecular formula is C19H26O. The molecule has 1 aromatic carbocycles. The van der Waals surface area contributed by atoms with Crippen LogP contribution in [0.3, 0.4) is 0 Å². The average Bonchev–Trinajstić information content (AvgIpc) is 2.64. The van der Waals surface area contributed by atoms with Gasteiger partial charge in [0.25, 0.3) is 0 Å². The lowest BCUT2D eigenvalue weighted by Crippen LogP contribution is -2.05. The van der Waals surface area contributed by atoms with Gasteiger partial charge in [0.2, 0.25) is 0 Å². The van der Waals surface area contributed by atoms with Crippen molar-refractivity contribution in [3.05, 3.63) is 40.5 Å². The fraction of sp³-hybridized carbons (Fsp3) is 0.526. The predicted molar refractivity (Wildman–Crippen MR) is 85.7 cm³/mol. The van der Waals surface area contributed by atoms with E-state index in [0.29, 0.717) is 24.0 Å². The molecule has 1 heteroatoms. The molecule has 2 unspecified atom stereocenters. The van der Waals surface area contributed by atoms with Crippen LogP contribution in [0.5, 0.6) is 0 Å². The first-order chi connectivity index (χ1) is 9.43. The maximum absolute atomic E-state index is 12.3. The molecule has 0 radical (unpaired) electrons. The van der Waals surface area contributed by atoms with E-state index in [2.05, 4.69) is 52.8 Å². The van der Waals surface area contributed by atoms with E-state index >= 15 is 0 Å². The van der Waals surface area contributed by atoms with Gasteiger partial charge < -0.3 is 0 Å². The van der Waals surface area contributed by atoms with Crippen LogP contribution in [-0.4, -0.2) is 5.78 Å². The van der Waals surface area contributed by atoms with Crippen molar-refractivity contribution >= 4 is 11.4 Å². The summed E-state index contributed by atoms with van der Waals surface area (Å²) in [5.74, 6) is 1.38. The standard InChI is InChI=1S/C19H26O/c1-6-12(2)9-16-10-13(3)7-8-17(16)19-15(5)14(4)11-18(19)20/h7-8,10,12,14H,6,9,11H2,1-5H3. The summed E-state index contributed by atoms with van der Waals surface area (Å²) < 4.78 is 0. The molecule has 0 heterocycles. The van der Waals surface area contributed by atoms with Gasteiger partial charge in [0.05, 0.1) is 0 Å². The summed E-state index contributed by atoms with van der Waals surface area (Å²) in [5, 5.41) is 0. The first-order valence-corrected chi connectivity index (χ1v) is 7.77. The highest BCUT2D eigenvalue weighted by atomic mass is 16.1. The van der Waals surface area contributed by atoms with Gasteiger partial charge in [-0.25, -0.2) is 0 Å². The minimum Gasteiger partial charge on any atom is -0.294 e. The van der Waals surface area contributed by atoms with Gasteiger partial charge in [-0.1, -0.05) is 56.5 Å². The summed E-state index contributed by atoms with van der Waals surface area (Å²) in [4.78, 5) is 12.3. The van der Waals surface area contributed by atoms with Gasteiger partial charge in [0.15, 0.2) is 5.78 Å². The minimum atomic E-state index is 0.323. The van der Waals surface area contributed by atoms with Gasteiger partial charge >= 0.3 is 0 Å². The smallest absolute Gasteiger partial charge is 0.164 e. The Bertz CT molecular complexity index is 551. The molecule has 20 heavy (non-hydrogen) atoms. The number of benzene rings is 1. The zero-order valence-electron chi connectivity index (χ0n) is 13.4. The van der Waals surface area contributed by atoms with Crippen LogP contribution in [0.2, 0.25) is 0 Å². The van der Waals surface area contributed by atoms with Crippen LogP contribution in [0.15, 0.2) is 23.8 Å². The molecular weight excluding hydrogens is 244 g/mol.